The van der Waals surface area contributed by atoms with Crippen LogP contribution in [0.3, 0.4) is 0 Å². The number of halogens is 1. The summed E-state index contributed by atoms with van der Waals surface area (Å²) in [5, 5.41) is 10.3. The van der Waals surface area contributed by atoms with Gasteiger partial charge in [-0.1, -0.05) is 18.5 Å². The quantitative estimate of drug-likeness (QED) is 0.744. The van der Waals surface area contributed by atoms with E-state index in [1.54, 1.807) is 6.20 Å². The second kappa shape index (κ2) is 4.37. The maximum atomic E-state index is 9.79. The van der Waals surface area contributed by atoms with Crippen molar-refractivity contribution in [1.29, 1.82) is 0 Å². The molecule has 1 N–H and O–H groups in total. The van der Waals surface area contributed by atoms with Crippen molar-refractivity contribution in [2.45, 2.75) is 19.4 Å². The van der Waals surface area contributed by atoms with Gasteiger partial charge < -0.3 is 10.0 Å². The molecular weight excluding hydrogens is 212 g/mol. The Hall–Kier alpha value is -0.800. The lowest BCUT2D eigenvalue weighted by molar-refractivity contribution is 0.103. The molecule has 4 heteroatoms. The highest BCUT2D eigenvalue weighted by Crippen LogP contribution is 2.24. The fraction of sp³-hybridized carbons (Fsp3) is 0.545. The first-order valence-electron chi connectivity index (χ1n) is 5.21. The van der Waals surface area contributed by atoms with Gasteiger partial charge in [0.1, 0.15) is 5.15 Å². The third-order valence-corrected chi connectivity index (χ3v) is 3.20. The van der Waals surface area contributed by atoms with Crippen LogP contribution in [0, 0.1) is 5.92 Å². The van der Waals surface area contributed by atoms with Gasteiger partial charge in [-0.3, -0.25) is 0 Å². The molecule has 0 spiro atoms. The zero-order chi connectivity index (χ0) is 10.8. The average molecular weight is 227 g/mol. The molecule has 0 amide bonds. The lowest BCUT2D eigenvalue weighted by Crippen LogP contribution is -2.42. The van der Waals surface area contributed by atoms with Crippen LogP contribution in [0.1, 0.15) is 13.3 Å². The second-order valence-corrected chi connectivity index (χ2v) is 4.50. The molecule has 2 rings (SSSR count). The Bertz CT molecular complexity index is 345. The summed E-state index contributed by atoms with van der Waals surface area (Å²) in [7, 11) is 0. The number of aromatic nitrogens is 1. The van der Waals surface area contributed by atoms with Gasteiger partial charge in [-0.05, 0) is 24.5 Å². The van der Waals surface area contributed by atoms with Crippen LogP contribution >= 0.6 is 11.6 Å². The van der Waals surface area contributed by atoms with E-state index < -0.39 is 0 Å². The topological polar surface area (TPSA) is 36.4 Å². The number of β-amino-alcohol motifs (C(OH)–C–C–N with tert-alkyl or cyclic N) is 1. The molecule has 2 heterocycles. The molecule has 2 unspecified atom stereocenters. The number of rotatable bonds is 1. The zero-order valence-electron chi connectivity index (χ0n) is 8.73. The highest BCUT2D eigenvalue weighted by atomic mass is 35.5. The summed E-state index contributed by atoms with van der Waals surface area (Å²) in [6.07, 6.45) is 2.47. The number of aliphatic hydroxyl groups excluding tert-OH is 1. The van der Waals surface area contributed by atoms with Crippen LogP contribution in [-0.4, -0.2) is 29.3 Å². The molecule has 0 saturated carbocycles. The highest BCUT2D eigenvalue weighted by Gasteiger charge is 2.24. The first-order valence-corrected chi connectivity index (χ1v) is 5.59. The van der Waals surface area contributed by atoms with Crippen molar-refractivity contribution in [3.05, 3.63) is 23.5 Å². The van der Waals surface area contributed by atoms with Crippen LogP contribution in [0.15, 0.2) is 18.3 Å². The number of hydrogen-bond donors (Lipinski definition) is 1. The normalized spacial score (nSPS) is 26.7. The van der Waals surface area contributed by atoms with Gasteiger partial charge in [0, 0.05) is 25.0 Å². The van der Waals surface area contributed by atoms with Crippen LogP contribution < -0.4 is 4.90 Å². The van der Waals surface area contributed by atoms with E-state index in [0.29, 0.717) is 17.6 Å². The molecule has 1 fully saturated rings. The molecule has 3 nitrogen and oxygen atoms in total. The molecule has 1 saturated heterocycles. The molecule has 0 bridgehead atoms. The Balaban J connectivity index is 2.12. The van der Waals surface area contributed by atoms with Crippen molar-refractivity contribution in [3.8, 4) is 0 Å². The van der Waals surface area contributed by atoms with Crippen molar-refractivity contribution in [2.75, 3.05) is 18.0 Å². The summed E-state index contributed by atoms with van der Waals surface area (Å²) in [6.45, 7) is 3.74. The maximum Gasteiger partial charge on any atom is 0.131 e. The largest absolute Gasteiger partial charge is 0.391 e. The van der Waals surface area contributed by atoms with Crippen LogP contribution in [0.2, 0.25) is 5.15 Å². The van der Waals surface area contributed by atoms with Crippen molar-refractivity contribution < 1.29 is 5.11 Å². The lowest BCUT2D eigenvalue weighted by atomic mass is 9.96. The third-order valence-electron chi connectivity index (χ3n) is 2.99. The van der Waals surface area contributed by atoms with Crippen LogP contribution in [-0.2, 0) is 0 Å². The summed E-state index contributed by atoms with van der Waals surface area (Å²) in [6, 6.07) is 3.76. The molecular formula is C11H15ClN2O. The van der Waals surface area contributed by atoms with E-state index in [2.05, 4.69) is 16.8 Å². The SMILES string of the molecule is CC1CCN(c2ccnc(Cl)c2)CC1O. The zero-order valence-corrected chi connectivity index (χ0v) is 9.48. The minimum atomic E-state index is -0.245. The van der Waals surface area contributed by atoms with Crippen molar-refractivity contribution in [2.24, 2.45) is 5.92 Å². The number of anilines is 1. The van der Waals surface area contributed by atoms with Gasteiger partial charge in [-0.25, -0.2) is 4.98 Å². The molecule has 0 aliphatic carbocycles. The predicted molar refractivity (Wildman–Crippen MR) is 61.2 cm³/mol. The van der Waals surface area contributed by atoms with Crippen LogP contribution in [0.5, 0.6) is 0 Å². The van der Waals surface area contributed by atoms with Crippen LogP contribution in [0.4, 0.5) is 5.69 Å². The molecule has 82 valence electrons. The lowest BCUT2D eigenvalue weighted by Gasteiger charge is -2.35. The van der Waals surface area contributed by atoms with Crippen molar-refractivity contribution >= 4 is 17.3 Å². The maximum absolute atomic E-state index is 9.79. The Labute approximate surface area is 94.7 Å². The second-order valence-electron chi connectivity index (χ2n) is 4.12. The number of nitrogens with zero attached hydrogens (tertiary/aromatic N) is 2. The van der Waals surface area contributed by atoms with Gasteiger partial charge in [-0.2, -0.15) is 0 Å². The monoisotopic (exact) mass is 226 g/mol. The molecule has 1 aliphatic rings. The van der Waals surface area contributed by atoms with E-state index in [-0.39, 0.29) is 6.10 Å². The summed E-state index contributed by atoms with van der Waals surface area (Å²) in [5.74, 6) is 0.388. The van der Waals surface area contributed by atoms with E-state index in [1.165, 1.54) is 0 Å². The van der Waals surface area contributed by atoms with E-state index in [1.807, 2.05) is 12.1 Å². The fourth-order valence-corrected chi connectivity index (χ4v) is 2.04. The Morgan fingerprint density at radius 2 is 2.40 bits per heavy atom. The number of piperidine rings is 1. The standard InChI is InChI=1S/C11H15ClN2O/c1-8-3-5-14(7-10(8)15)9-2-4-13-11(12)6-9/h2,4,6,8,10,15H,3,5,7H2,1H3. The van der Waals surface area contributed by atoms with E-state index in [4.69, 9.17) is 11.6 Å². The Morgan fingerprint density at radius 3 is 3.07 bits per heavy atom. The molecule has 0 radical (unpaired) electrons. The van der Waals surface area contributed by atoms with E-state index in [0.717, 1.165) is 18.7 Å². The first-order chi connectivity index (χ1) is 7.16. The molecule has 1 aromatic rings. The first kappa shape index (κ1) is 10.7. The fourth-order valence-electron chi connectivity index (χ4n) is 1.87. The predicted octanol–water partition coefficient (Wildman–Crippen LogP) is 1.94. The summed E-state index contributed by atoms with van der Waals surface area (Å²) >= 11 is 5.83. The summed E-state index contributed by atoms with van der Waals surface area (Å²) in [5.41, 5.74) is 1.04. The smallest absolute Gasteiger partial charge is 0.131 e. The van der Waals surface area contributed by atoms with Gasteiger partial charge in [0.05, 0.1) is 6.10 Å². The van der Waals surface area contributed by atoms with Crippen molar-refractivity contribution in [1.82, 2.24) is 4.98 Å². The average Bonchev–Trinajstić information content (AvgIpc) is 2.22. The van der Waals surface area contributed by atoms with Gasteiger partial charge in [-0.15, -0.1) is 0 Å². The number of hydrogen-bond acceptors (Lipinski definition) is 3. The molecule has 1 aromatic heterocycles. The Morgan fingerprint density at radius 1 is 1.60 bits per heavy atom. The van der Waals surface area contributed by atoms with E-state index >= 15 is 0 Å². The Kier molecular flexibility index (Phi) is 3.12. The third kappa shape index (κ3) is 2.41. The molecule has 2 atom stereocenters. The van der Waals surface area contributed by atoms with Gasteiger partial charge in [0.25, 0.3) is 0 Å². The molecule has 15 heavy (non-hydrogen) atoms. The van der Waals surface area contributed by atoms with Gasteiger partial charge in [0.2, 0.25) is 0 Å². The van der Waals surface area contributed by atoms with Crippen LogP contribution in [0.25, 0.3) is 0 Å². The highest BCUT2D eigenvalue weighted by molar-refractivity contribution is 6.29. The number of pyridine rings is 1. The van der Waals surface area contributed by atoms with E-state index in [9.17, 15) is 5.11 Å². The molecule has 1 aliphatic heterocycles. The van der Waals surface area contributed by atoms with Gasteiger partial charge >= 0.3 is 0 Å². The van der Waals surface area contributed by atoms with Crippen molar-refractivity contribution in [3.63, 3.8) is 0 Å². The summed E-state index contributed by atoms with van der Waals surface area (Å²) in [4.78, 5) is 6.10. The minimum absolute atomic E-state index is 0.245. The minimum Gasteiger partial charge on any atom is -0.391 e. The number of aliphatic hydroxyl groups is 1. The molecule has 0 aromatic carbocycles. The summed E-state index contributed by atoms with van der Waals surface area (Å²) < 4.78 is 0. The van der Waals surface area contributed by atoms with Gasteiger partial charge in [0.15, 0.2) is 0 Å².